The average molecular weight is 228 g/mol. The Labute approximate surface area is 93.2 Å². The Morgan fingerprint density at radius 2 is 1.93 bits per heavy atom. The van der Waals surface area contributed by atoms with E-state index in [4.69, 9.17) is 0 Å². The van der Waals surface area contributed by atoms with Crippen LogP contribution in [0.25, 0.3) is 0 Å². The molecule has 0 saturated carbocycles. The molecule has 2 atom stereocenters. The van der Waals surface area contributed by atoms with Crippen molar-refractivity contribution in [3.63, 3.8) is 0 Å². The maximum Gasteiger partial charge on any atom is 0.123 e. The smallest absolute Gasteiger partial charge is 0.123 e. The third-order valence-electron chi connectivity index (χ3n) is 2.29. The fourth-order valence-electron chi connectivity index (χ4n) is 1.52. The van der Waals surface area contributed by atoms with E-state index in [0.29, 0.717) is 11.7 Å². The molecule has 0 aliphatic carbocycles. The molecule has 0 fully saturated rings. The van der Waals surface area contributed by atoms with Gasteiger partial charge in [-0.3, -0.25) is 4.21 Å². The summed E-state index contributed by atoms with van der Waals surface area (Å²) in [5.41, 5.74) is 0. The van der Waals surface area contributed by atoms with E-state index in [1.54, 1.807) is 12.1 Å². The van der Waals surface area contributed by atoms with E-state index >= 15 is 0 Å². The van der Waals surface area contributed by atoms with Crippen molar-refractivity contribution in [3.05, 3.63) is 30.1 Å². The summed E-state index contributed by atoms with van der Waals surface area (Å²) in [6.07, 6.45) is 2.20. The van der Waals surface area contributed by atoms with Gasteiger partial charge < -0.3 is 0 Å². The second-order valence-corrected chi connectivity index (χ2v) is 5.36. The first-order valence-corrected chi connectivity index (χ1v) is 6.59. The van der Waals surface area contributed by atoms with E-state index in [9.17, 15) is 8.60 Å². The molecule has 0 spiro atoms. The lowest BCUT2D eigenvalue weighted by Crippen LogP contribution is -2.07. The molecule has 0 aromatic heterocycles. The summed E-state index contributed by atoms with van der Waals surface area (Å²) < 4.78 is 24.5. The monoisotopic (exact) mass is 228 g/mol. The molecule has 2 unspecified atom stereocenters. The molecule has 1 aromatic rings. The summed E-state index contributed by atoms with van der Waals surface area (Å²) in [6, 6.07) is 5.92. The molecule has 0 radical (unpaired) electrons. The minimum atomic E-state index is -0.990. The van der Waals surface area contributed by atoms with Gasteiger partial charge in [0.05, 0.1) is 10.8 Å². The van der Waals surface area contributed by atoms with E-state index in [1.165, 1.54) is 12.1 Å². The first-order chi connectivity index (χ1) is 7.13. The van der Waals surface area contributed by atoms with Gasteiger partial charge in [-0.15, -0.1) is 0 Å². The van der Waals surface area contributed by atoms with Crippen molar-refractivity contribution in [2.24, 2.45) is 5.92 Å². The Bertz CT molecular complexity index is 321. The number of rotatable bonds is 5. The molecule has 0 aliphatic rings. The summed E-state index contributed by atoms with van der Waals surface area (Å²) >= 11 is 0. The van der Waals surface area contributed by atoms with Gasteiger partial charge in [-0.1, -0.05) is 26.7 Å². The second kappa shape index (κ2) is 6.01. The summed E-state index contributed by atoms with van der Waals surface area (Å²) in [6.45, 7) is 4.22. The highest BCUT2D eigenvalue weighted by atomic mass is 32.2. The fourth-order valence-corrected chi connectivity index (χ4v) is 2.83. The Hall–Kier alpha value is -0.700. The van der Waals surface area contributed by atoms with E-state index in [-0.39, 0.29) is 5.82 Å². The van der Waals surface area contributed by atoms with Crippen LogP contribution in [0.15, 0.2) is 29.2 Å². The fraction of sp³-hybridized carbons (Fsp3) is 0.500. The highest BCUT2D eigenvalue weighted by Crippen LogP contribution is 2.13. The Balaban J connectivity index is 2.57. The molecule has 0 N–H and O–H groups in total. The number of hydrogen-bond donors (Lipinski definition) is 0. The molecule has 0 aliphatic heterocycles. The topological polar surface area (TPSA) is 17.1 Å². The molecule has 84 valence electrons. The van der Waals surface area contributed by atoms with Crippen molar-refractivity contribution in [2.75, 3.05) is 5.75 Å². The van der Waals surface area contributed by atoms with E-state index in [2.05, 4.69) is 13.8 Å². The molecule has 0 heterocycles. The first-order valence-electron chi connectivity index (χ1n) is 5.27. The zero-order valence-electron chi connectivity index (χ0n) is 9.20. The minimum Gasteiger partial charge on any atom is -0.254 e. The molecule has 3 heteroatoms. The minimum absolute atomic E-state index is 0.280. The first kappa shape index (κ1) is 12.4. The van der Waals surface area contributed by atoms with Gasteiger partial charge in [-0.05, 0) is 30.2 Å². The number of benzene rings is 1. The van der Waals surface area contributed by atoms with Crippen molar-refractivity contribution in [2.45, 2.75) is 31.6 Å². The van der Waals surface area contributed by atoms with Crippen molar-refractivity contribution in [3.8, 4) is 0 Å². The van der Waals surface area contributed by atoms with Gasteiger partial charge in [0.2, 0.25) is 0 Å². The van der Waals surface area contributed by atoms with Crippen LogP contribution >= 0.6 is 0 Å². The standard InChI is InChI=1S/C12H17FOS/c1-3-4-10(2)9-15(14)12-7-5-11(13)6-8-12/h5-8,10H,3-4,9H2,1-2H3. The van der Waals surface area contributed by atoms with Crippen LogP contribution in [0.4, 0.5) is 4.39 Å². The van der Waals surface area contributed by atoms with Crippen molar-refractivity contribution < 1.29 is 8.60 Å². The molecular weight excluding hydrogens is 211 g/mol. The predicted octanol–water partition coefficient (Wildman–Crippen LogP) is 3.37. The van der Waals surface area contributed by atoms with Gasteiger partial charge in [0, 0.05) is 10.6 Å². The Morgan fingerprint density at radius 3 is 2.47 bits per heavy atom. The quantitative estimate of drug-likeness (QED) is 0.755. The second-order valence-electron chi connectivity index (χ2n) is 3.86. The lowest BCUT2D eigenvalue weighted by molar-refractivity contribution is 0.574. The third kappa shape index (κ3) is 4.12. The lowest BCUT2D eigenvalue weighted by atomic mass is 10.1. The predicted molar refractivity (Wildman–Crippen MR) is 61.7 cm³/mol. The highest BCUT2D eigenvalue weighted by molar-refractivity contribution is 7.85. The molecule has 0 saturated heterocycles. The largest absolute Gasteiger partial charge is 0.254 e. The Kier molecular flexibility index (Phi) is 4.95. The van der Waals surface area contributed by atoms with E-state index in [1.807, 2.05) is 0 Å². The molecule has 15 heavy (non-hydrogen) atoms. The zero-order chi connectivity index (χ0) is 11.3. The molecule has 1 rings (SSSR count). The summed E-state index contributed by atoms with van der Waals surface area (Å²) in [5, 5.41) is 0. The Morgan fingerprint density at radius 1 is 1.33 bits per heavy atom. The van der Waals surface area contributed by atoms with Crippen LogP contribution in [0.3, 0.4) is 0 Å². The third-order valence-corrected chi connectivity index (χ3v) is 3.96. The van der Waals surface area contributed by atoms with Crippen LogP contribution in [0, 0.1) is 11.7 Å². The summed E-state index contributed by atoms with van der Waals surface area (Å²) in [4.78, 5) is 0.722. The highest BCUT2D eigenvalue weighted by Gasteiger charge is 2.08. The molecule has 1 aromatic carbocycles. The average Bonchev–Trinajstić information content (AvgIpc) is 2.18. The van der Waals surface area contributed by atoms with Crippen molar-refractivity contribution in [1.82, 2.24) is 0 Å². The van der Waals surface area contributed by atoms with Gasteiger partial charge in [0.25, 0.3) is 0 Å². The van der Waals surface area contributed by atoms with Crippen LogP contribution in [-0.2, 0) is 10.8 Å². The lowest BCUT2D eigenvalue weighted by Gasteiger charge is -2.09. The molecule has 0 amide bonds. The van der Waals surface area contributed by atoms with Crippen LogP contribution in [0.1, 0.15) is 26.7 Å². The van der Waals surface area contributed by atoms with Gasteiger partial charge in [0.1, 0.15) is 5.82 Å². The van der Waals surface area contributed by atoms with Gasteiger partial charge in [0.15, 0.2) is 0 Å². The van der Waals surface area contributed by atoms with Crippen LogP contribution in [0.2, 0.25) is 0 Å². The van der Waals surface area contributed by atoms with Crippen molar-refractivity contribution >= 4 is 10.8 Å². The normalized spacial score (nSPS) is 14.9. The molecule has 1 nitrogen and oxygen atoms in total. The van der Waals surface area contributed by atoms with Gasteiger partial charge >= 0.3 is 0 Å². The number of hydrogen-bond acceptors (Lipinski definition) is 1. The van der Waals surface area contributed by atoms with Crippen LogP contribution < -0.4 is 0 Å². The molecular formula is C12H17FOS. The summed E-state index contributed by atoms with van der Waals surface area (Å²) in [5.74, 6) is 0.845. The molecule has 0 bridgehead atoms. The summed E-state index contributed by atoms with van der Waals surface area (Å²) in [7, 11) is -0.990. The maximum atomic E-state index is 12.6. The van der Waals surface area contributed by atoms with Crippen LogP contribution in [0.5, 0.6) is 0 Å². The van der Waals surface area contributed by atoms with Gasteiger partial charge in [-0.2, -0.15) is 0 Å². The van der Waals surface area contributed by atoms with Gasteiger partial charge in [-0.25, -0.2) is 4.39 Å². The SMILES string of the molecule is CCCC(C)CS(=O)c1ccc(F)cc1. The van der Waals surface area contributed by atoms with Crippen LogP contribution in [-0.4, -0.2) is 9.96 Å². The van der Waals surface area contributed by atoms with E-state index in [0.717, 1.165) is 17.7 Å². The number of halogens is 1. The van der Waals surface area contributed by atoms with E-state index < -0.39 is 10.8 Å². The zero-order valence-corrected chi connectivity index (χ0v) is 10.0. The maximum absolute atomic E-state index is 12.6. The van der Waals surface area contributed by atoms with Crippen molar-refractivity contribution in [1.29, 1.82) is 0 Å².